The van der Waals surface area contributed by atoms with Gasteiger partial charge in [0.1, 0.15) is 45.2 Å². The number of halogens is 1. The Morgan fingerprint density at radius 2 is 0.829 bits per heavy atom. The maximum atomic E-state index is 8.81. The van der Waals surface area contributed by atoms with E-state index in [0.29, 0.717) is 19.6 Å². The summed E-state index contributed by atoms with van der Waals surface area (Å²) in [4.78, 5) is 44.6. The number of carbonyl (C=O) groups excluding carboxylic acids is 4. The Balaban J connectivity index is -0.0000000343. The number of aldehydes is 4. The molecule has 0 rings (SSSR count). The van der Waals surface area contributed by atoms with Crippen molar-refractivity contribution in [1.29, 1.82) is 0 Å². The molecule has 18 heteroatoms. The van der Waals surface area contributed by atoms with Gasteiger partial charge in [-0.2, -0.15) is 0 Å². The second kappa shape index (κ2) is 83.4. The average molecular weight is 727 g/mol. The first-order valence-electron chi connectivity index (χ1n) is 11.7. The number of nitrogens with zero attached hydrogens (tertiary/aromatic N) is 3. The first kappa shape index (κ1) is 67.8. The van der Waals surface area contributed by atoms with Crippen LogP contribution in [-0.2, 0) is 19.2 Å². The molecular weight excluding hydrogens is 670 g/mol. The van der Waals surface area contributed by atoms with Crippen LogP contribution in [-0.4, -0.2) is 119 Å². The van der Waals surface area contributed by atoms with Crippen molar-refractivity contribution in [1.82, 2.24) is 4.90 Å². The van der Waals surface area contributed by atoms with Crippen LogP contribution in [0.5, 0.6) is 0 Å². The molecule has 0 aromatic rings. The van der Waals surface area contributed by atoms with Gasteiger partial charge in [-0.05, 0) is 60.9 Å². The van der Waals surface area contributed by atoms with Gasteiger partial charge in [-0.25, -0.2) is 0 Å². The zero-order chi connectivity index (χ0) is 34.3. The molecule has 0 saturated heterocycles. The summed E-state index contributed by atoms with van der Waals surface area (Å²) in [5.41, 5.74) is 16.1. The fourth-order valence-corrected chi connectivity index (χ4v) is 0.883. The van der Waals surface area contributed by atoms with E-state index in [1.54, 1.807) is 26.5 Å². The minimum absolute atomic E-state index is 0. The predicted molar refractivity (Wildman–Crippen MR) is 150 cm³/mol. The van der Waals surface area contributed by atoms with E-state index >= 15 is 0 Å². The summed E-state index contributed by atoms with van der Waals surface area (Å²) >= 11 is -5.94. The molecule has 0 aromatic carbocycles. The van der Waals surface area contributed by atoms with Gasteiger partial charge in [0.25, 0.3) is 0 Å². The van der Waals surface area contributed by atoms with Crippen molar-refractivity contribution in [2.75, 3.05) is 60.0 Å². The largest absolute Gasteiger partial charge is 1.00 e. The number of nitrogens with two attached hydrogens (primary N) is 3. The molecule has 0 aliphatic rings. The third-order valence-corrected chi connectivity index (χ3v) is 2.12. The van der Waals surface area contributed by atoms with Crippen LogP contribution in [0.15, 0.2) is 9.98 Å². The molecule has 0 aromatic heterocycles. The van der Waals surface area contributed by atoms with Crippen LogP contribution in [0.3, 0.4) is 0 Å². The van der Waals surface area contributed by atoms with Gasteiger partial charge < -0.3 is 56.6 Å². The van der Waals surface area contributed by atoms with E-state index in [1.807, 2.05) is 13.8 Å². The van der Waals surface area contributed by atoms with Crippen LogP contribution in [0, 0.1) is 0 Å². The molecule has 0 aliphatic carbocycles. The molecule has 1 unspecified atom stereocenters. The van der Waals surface area contributed by atoms with Crippen LogP contribution >= 0.6 is 0 Å². The maximum absolute atomic E-state index is 8.81. The first-order valence-corrected chi connectivity index (χ1v) is 15.2. The molecule has 41 heavy (non-hydrogen) atoms. The molecule has 16 nitrogen and oxygen atoms in total. The molecule has 0 aliphatic heterocycles. The van der Waals surface area contributed by atoms with E-state index in [1.165, 1.54) is 34.6 Å². The molecule has 0 saturated carbocycles. The molecule has 0 bridgehead atoms. The van der Waals surface area contributed by atoms with Crippen molar-refractivity contribution in [3.63, 3.8) is 0 Å². The number of hydrogen-bond acceptors (Lipinski definition) is 16. The minimum atomic E-state index is -5.94. The second-order valence-electron chi connectivity index (χ2n) is 5.59. The zero-order valence-electron chi connectivity index (χ0n) is 26.6. The molecular formula is C23H56IN6NaO10. The van der Waals surface area contributed by atoms with Crippen LogP contribution in [0.4, 0.5) is 0 Å². The predicted octanol–water partition coefficient (Wildman–Crippen LogP) is -11.0. The van der Waals surface area contributed by atoms with E-state index in [2.05, 4.69) is 14.9 Å². The molecule has 0 heterocycles. The molecule has 246 valence electrons. The van der Waals surface area contributed by atoms with Gasteiger partial charge in [0.05, 0.1) is 12.7 Å². The number of rotatable bonds is 7. The van der Waals surface area contributed by atoms with Crippen molar-refractivity contribution >= 4 is 37.6 Å². The molecule has 8 N–H and O–H groups in total. The van der Waals surface area contributed by atoms with E-state index in [0.717, 1.165) is 44.8 Å². The third kappa shape index (κ3) is 360. The van der Waals surface area contributed by atoms with Crippen molar-refractivity contribution < 1.29 is 92.8 Å². The standard InChI is InChI=1S/C6H18N4.2C3H7N.C3H8O2.4C2H4O.IO4.Na/c7-1-4-10(5-2-8)6-3-9;2*1-3-4-2;1-3(5)2-4;4*1-2-3;2-1(3,4)5;/h1-9H2;2*3H,1-2H3;3-5H,2H2,1H3;4*2H,1H3;;/q;;;;;;;;-1;+1. The average Bonchev–Trinajstić information content (AvgIpc) is 2.86. The van der Waals surface area contributed by atoms with Crippen LogP contribution < -0.4 is 80.6 Å². The van der Waals surface area contributed by atoms with Crippen molar-refractivity contribution in [3.05, 3.63) is 0 Å². The number of carbonyl (C=O) groups is 4. The van der Waals surface area contributed by atoms with Crippen molar-refractivity contribution in [3.8, 4) is 0 Å². The van der Waals surface area contributed by atoms with E-state index in [9.17, 15) is 0 Å². The number of aliphatic hydroxyl groups excluding tert-OH is 2. The zero-order valence-corrected chi connectivity index (χ0v) is 30.8. The summed E-state index contributed by atoms with van der Waals surface area (Å²) in [6.45, 7) is 15.7. The summed E-state index contributed by atoms with van der Waals surface area (Å²) < 4.78 is 34.5. The number of hydrogen-bond donors (Lipinski definition) is 5. The van der Waals surface area contributed by atoms with E-state index < -0.39 is 26.2 Å². The van der Waals surface area contributed by atoms with Crippen LogP contribution in [0.1, 0.15) is 48.5 Å². The van der Waals surface area contributed by atoms with Crippen molar-refractivity contribution in [2.45, 2.75) is 54.6 Å². The first-order chi connectivity index (χ1) is 18.6. The maximum Gasteiger partial charge on any atom is 1.00 e. The summed E-state index contributed by atoms with van der Waals surface area (Å²) in [6.07, 6.45) is 5.94. The quantitative estimate of drug-likeness (QED) is 0.0705. The number of aliphatic hydroxyl groups is 2. The van der Waals surface area contributed by atoms with Gasteiger partial charge in [-0.1, -0.05) is 0 Å². The van der Waals surface area contributed by atoms with Gasteiger partial charge in [0.15, 0.2) is 0 Å². The minimum Gasteiger partial charge on any atom is -0.394 e. The Kier molecular flexibility index (Phi) is 138. The second-order valence-corrected chi connectivity index (χ2v) is 7.75. The monoisotopic (exact) mass is 726 g/mol. The Morgan fingerprint density at radius 1 is 0.707 bits per heavy atom. The Bertz CT molecular complexity index is 416. The van der Waals surface area contributed by atoms with E-state index in [-0.39, 0.29) is 36.2 Å². The smallest absolute Gasteiger partial charge is 0.394 e. The molecule has 0 radical (unpaired) electrons. The summed E-state index contributed by atoms with van der Waals surface area (Å²) in [7, 11) is 3.50. The molecule has 1 atom stereocenters. The fourth-order valence-electron chi connectivity index (χ4n) is 0.883. The van der Waals surface area contributed by atoms with Crippen LogP contribution in [0.25, 0.3) is 0 Å². The van der Waals surface area contributed by atoms with E-state index in [4.69, 9.17) is 60.3 Å². The SMILES string of the molecule is CC(O)CO.CC=NC.CC=NC.CC=O.CC=O.CC=O.CC=O.NCCN(CCN)CCN.[Na+].[O-][I+3]([O-])([O-])[O-]. The summed E-state index contributed by atoms with van der Waals surface area (Å²) in [5, 5.41) is 16.0. The summed E-state index contributed by atoms with van der Waals surface area (Å²) in [5.74, 6) is 0. The van der Waals surface area contributed by atoms with Gasteiger partial charge in [0, 0.05) is 53.4 Å². The van der Waals surface area contributed by atoms with Gasteiger partial charge in [0.2, 0.25) is 0 Å². The normalized spacial score (nSPS) is 9.05. The van der Waals surface area contributed by atoms with Crippen LogP contribution in [0.2, 0.25) is 0 Å². The Hall–Kier alpha value is -0.650. The molecule has 0 fully saturated rings. The summed E-state index contributed by atoms with van der Waals surface area (Å²) in [6, 6.07) is 0. The van der Waals surface area contributed by atoms with Crippen molar-refractivity contribution in [2.24, 2.45) is 27.2 Å². The molecule has 0 spiro atoms. The Morgan fingerprint density at radius 3 is 0.878 bits per heavy atom. The van der Waals surface area contributed by atoms with Gasteiger partial charge >= 0.3 is 29.6 Å². The Labute approximate surface area is 275 Å². The van der Waals surface area contributed by atoms with Gasteiger partial charge in [-0.15, -0.1) is 0 Å². The molecule has 0 amide bonds. The third-order valence-electron chi connectivity index (χ3n) is 2.12. The number of aliphatic imine (C=N–C) groups is 2. The topological polar surface area (TPSA) is 307 Å². The van der Waals surface area contributed by atoms with Gasteiger partial charge in [-0.3, -0.25) is 18.6 Å². The fraction of sp³-hybridized carbons (Fsp3) is 0.739.